The third kappa shape index (κ3) is 6.58. The highest BCUT2D eigenvalue weighted by molar-refractivity contribution is 6.30. The summed E-state index contributed by atoms with van der Waals surface area (Å²) in [6.07, 6.45) is 3.58. The molecule has 3 rings (SSSR count). The van der Waals surface area contributed by atoms with Gasteiger partial charge in [-0.25, -0.2) is 0 Å². The molecule has 1 saturated heterocycles. The van der Waals surface area contributed by atoms with E-state index in [-0.39, 0.29) is 0 Å². The molecule has 0 unspecified atom stereocenters. The van der Waals surface area contributed by atoms with E-state index in [9.17, 15) is 0 Å². The van der Waals surface area contributed by atoms with Crippen LogP contribution in [0, 0.1) is 6.92 Å². The quantitative estimate of drug-likeness (QED) is 0.362. The fourth-order valence-corrected chi connectivity index (χ4v) is 3.94. The van der Waals surface area contributed by atoms with E-state index in [2.05, 4.69) is 55.9 Å². The average molecular weight is 448 g/mol. The molecule has 0 saturated carbocycles. The predicted octanol–water partition coefficient (Wildman–Crippen LogP) is 2.61. The molecule has 1 aliphatic rings. The van der Waals surface area contributed by atoms with E-state index in [1.807, 2.05) is 6.07 Å². The summed E-state index contributed by atoms with van der Waals surface area (Å²) in [6, 6.07) is 6.10. The summed E-state index contributed by atoms with van der Waals surface area (Å²) in [5.41, 5.74) is 2.48. The summed E-state index contributed by atoms with van der Waals surface area (Å²) in [5, 5.41) is 12.5. The van der Waals surface area contributed by atoms with Gasteiger partial charge in [0.2, 0.25) is 0 Å². The Kier molecular flexibility index (Phi) is 8.97. The van der Waals surface area contributed by atoms with Crippen LogP contribution in [0.15, 0.2) is 29.5 Å². The van der Waals surface area contributed by atoms with Crippen LogP contribution >= 0.6 is 11.6 Å². The number of anilines is 1. The van der Waals surface area contributed by atoms with Gasteiger partial charge in [-0.05, 0) is 31.0 Å². The number of aryl methyl sites for hydroxylation is 2. The van der Waals surface area contributed by atoms with E-state index in [1.165, 1.54) is 11.3 Å². The Labute approximate surface area is 190 Å². The summed E-state index contributed by atoms with van der Waals surface area (Å²) in [4.78, 5) is 9.60. The van der Waals surface area contributed by atoms with Crippen LogP contribution in [0.5, 0.6) is 0 Å². The SMILES string of the molecule is CCc1nncn1CCNC(=NCCCOC)N1CCN(c2cc(Cl)ccc2C)CC1. The van der Waals surface area contributed by atoms with Crippen LogP contribution < -0.4 is 10.2 Å². The molecule has 0 aliphatic carbocycles. The van der Waals surface area contributed by atoms with Crippen LogP contribution in [-0.2, 0) is 17.7 Å². The van der Waals surface area contributed by atoms with Crippen molar-refractivity contribution in [3.63, 3.8) is 0 Å². The fourth-order valence-electron chi connectivity index (χ4n) is 3.77. The molecule has 8 nitrogen and oxygen atoms in total. The third-order valence-electron chi connectivity index (χ3n) is 5.51. The molecule has 9 heteroatoms. The number of aliphatic imine (C=N–C) groups is 1. The Morgan fingerprint density at radius 1 is 1.26 bits per heavy atom. The zero-order chi connectivity index (χ0) is 22.1. The van der Waals surface area contributed by atoms with Gasteiger partial charge in [0.25, 0.3) is 0 Å². The zero-order valence-electron chi connectivity index (χ0n) is 18.8. The minimum Gasteiger partial charge on any atom is -0.385 e. The highest BCUT2D eigenvalue weighted by Crippen LogP contribution is 2.25. The first-order valence-electron chi connectivity index (χ1n) is 11.0. The van der Waals surface area contributed by atoms with Gasteiger partial charge in [0.1, 0.15) is 12.2 Å². The Morgan fingerprint density at radius 2 is 2.06 bits per heavy atom. The number of aromatic nitrogens is 3. The molecule has 170 valence electrons. The number of nitrogens with zero attached hydrogens (tertiary/aromatic N) is 6. The second-order valence-electron chi connectivity index (χ2n) is 7.68. The number of halogens is 1. The summed E-state index contributed by atoms with van der Waals surface area (Å²) in [6.45, 7) is 11.0. The van der Waals surface area contributed by atoms with Gasteiger partial charge in [-0.1, -0.05) is 24.6 Å². The van der Waals surface area contributed by atoms with Crippen LogP contribution in [0.25, 0.3) is 0 Å². The molecule has 31 heavy (non-hydrogen) atoms. The molecule has 0 spiro atoms. The van der Waals surface area contributed by atoms with Crippen molar-refractivity contribution in [3.8, 4) is 0 Å². The smallest absolute Gasteiger partial charge is 0.194 e. The Bertz CT molecular complexity index is 846. The summed E-state index contributed by atoms with van der Waals surface area (Å²) in [7, 11) is 1.73. The number of ether oxygens (including phenoxy) is 1. The molecule has 0 atom stereocenters. The van der Waals surface area contributed by atoms with Crippen molar-refractivity contribution in [3.05, 3.63) is 40.9 Å². The monoisotopic (exact) mass is 447 g/mol. The van der Waals surface area contributed by atoms with E-state index in [0.29, 0.717) is 0 Å². The first-order valence-corrected chi connectivity index (χ1v) is 11.4. The van der Waals surface area contributed by atoms with Gasteiger partial charge < -0.3 is 24.4 Å². The molecule has 1 fully saturated rings. The highest BCUT2D eigenvalue weighted by Gasteiger charge is 2.21. The van der Waals surface area contributed by atoms with E-state index < -0.39 is 0 Å². The lowest BCUT2D eigenvalue weighted by Gasteiger charge is -2.38. The van der Waals surface area contributed by atoms with Crippen molar-refractivity contribution in [2.75, 3.05) is 57.9 Å². The number of rotatable bonds is 9. The maximum atomic E-state index is 6.23. The molecule has 1 aromatic carbocycles. The van der Waals surface area contributed by atoms with Crippen LogP contribution in [-0.4, -0.2) is 78.6 Å². The molecule has 2 aromatic rings. The van der Waals surface area contributed by atoms with Gasteiger partial charge in [0.05, 0.1) is 0 Å². The summed E-state index contributed by atoms with van der Waals surface area (Å²) in [5.74, 6) is 1.97. The van der Waals surface area contributed by atoms with Crippen LogP contribution in [0.1, 0.15) is 24.7 Å². The lowest BCUT2D eigenvalue weighted by Crippen LogP contribution is -2.53. The minimum absolute atomic E-state index is 0.721. The molecular weight excluding hydrogens is 414 g/mol. The van der Waals surface area contributed by atoms with E-state index >= 15 is 0 Å². The predicted molar refractivity (Wildman–Crippen MR) is 126 cm³/mol. The molecule has 1 aromatic heterocycles. The largest absolute Gasteiger partial charge is 0.385 e. The number of guanidine groups is 1. The van der Waals surface area contributed by atoms with Gasteiger partial charge >= 0.3 is 0 Å². The topological polar surface area (TPSA) is 70.8 Å². The van der Waals surface area contributed by atoms with Crippen molar-refractivity contribution in [1.29, 1.82) is 0 Å². The fraction of sp³-hybridized carbons (Fsp3) is 0.591. The summed E-state index contributed by atoms with van der Waals surface area (Å²) < 4.78 is 7.26. The molecule has 0 radical (unpaired) electrons. The number of hydrogen-bond acceptors (Lipinski definition) is 5. The number of benzene rings is 1. The number of nitrogens with one attached hydrogen (secondary N) is 1. The normalized spacial score (nSPS) is 14.9. The van der Waals surface area contributed by atoms with Crippen molar-refractivity contribution >= 4 is 23.2 Å². The standard InChI is InChI=1S/C22H34ClN7O/c1-4-21-27-26-17-30(21)10-9-25-22(24-8-5-15-31-3)29-13-11-28(12-14-29)20-16-19(23)7-6-18(20)2/h6-7,16-17H,4-5,8-15H2,1-3H3,(H,24,25). The second-order valence-corrected chi connectivity index (χ2v) is 8.11. The zero-order valence-corrected chi connectivity index (χ0v) is 19.6. The van der Waals surface area contributed by atoms with E-state index in [0.717, 1.165) is 82.1 Å². The highest BCUT2D eigenvalue weighted by atomic mass is 35.5. The van der Waals surface area contributed by atoms with Gasteiger partial charge in [0.15, 0.2) is 5.96 Å². The molecular formula is C22H34ClN7O. The van der Waals surface area contributed by atoms with Crippen LogP contribution in [0.4, 0.5) is 5.69 Å². The van der Waals surface area contributed by atoms with Gasteiger partial charge in [-0.2, -0.15) is 0 Å². The van der Waals surface area contributed by atoms with Crippen molar-refractivity contribution in [2.45, 2.75) is 33.2 Å². The minimum atomic E-state index is 0.721. The summed E-state index contributed by atoms with van der Waals surface area (Å²) >= 11 is 6.23. The lowest BCUT2D eigenvalue weighted by molar-refractivity contribution is 0.197. The van der Waals surface area contributed by atoms with Crippen molar-refractivity contribution < 1.29 is 4.74 Å². The average Bonchev–Trinajstić information content (AvgIpc) is 3.25. The number of hydrogen-bond donors (Lipinski definition) is 1. The van der Waals surface area contributed by atoms with Gasteiger partial charge in [-0.15, -0.1) is 10.2 Å². The van der Waals surface area contributed by atoms with Gasteiger partial charge in [-0.3, -0.25) is 4.99 Å². The Morgan fingerprint density at radius 3 is 2.81 bits per heavy atom. The maximum Gasteiger partial charge on any atom is 0.194 e. The number of methoxy groups -OCH3 is 1. The second kappa shape index (κ2) is 11.9. The lowest BCUT2D eigenvalue weighted by atomic mass is 10.1. The van der Waals surface area contributed by atoms with E-state index in [1.54, 1.807) is 13.4 Å². The van der Waals surface area contributed by atoms with E-state index in [4.69, 9.17) is 21.3 Å². The van der Waals surface area contributed by atoms with Crippen LogP contribution in [0.2, 0.25) is 5.02 Å². The Hall–Kier alpha value is -2.32. The maximum absolute atomic E-state index is 6.23. The first-order chi connectivity index (χ1) is 15.1. The third-order valence-corrected chi connectivity index (χ3v) is 5.74. The molecule has 0 amide bonds. The first kappa shape index (κ1) is 23.3. The van der Waals surface area contributed by atoms with Crippen LogP contribution in [0.3, 0.4) is 0 Å². The molecule has 0 bridgehead atoms. The molecule has 2 heterocycles. The van der Waals surface area contributed by atoms with Crippen molar-refractivity contribution in [2.24, 2.45) is 4.99 Å². The van der Waals surface area contributed by atoms with Crippen molar-refractivity contribution in [1.82, 2.24) is 25.0 Å². The molecule has 1 aliphatic heterocycles. The Balaban J connectivity index is 1.59. The molecule has 1 N–H and O–H groups in total. The number of piperazine rings is 1. The van der Waals surface area contributed by atoms with Gasteiger partial charge in [0, 0.05) is 76.7 Å².